The van der Waals surface area contributed by atoms with E-state index in [0.29, 0.717) is 23.5 Å². The lowest BCUT2D eigenvalue weighted by atomic mass is 9.91. The fraction of sp³-hybridized carbons (Fsp3) is 0.333. The number of benzene rings is 2. The third kappa shape index (κ3) is 5.37. The summed E-state index contributed by atoms with van der Waals surface area (Å²) in [6, 6.07) is 12.2. The Bertz CT molecular complexity index is 1450. The van der Waals surface area contributed by atoms with E-state index in [4.69, 9.17) is 23.4 Å². The Balaban J connectivity index is 1.45. The van der Waals surface area contributed by atoms with Crippen LogP contribution in [0.3, 0.4) is 0 Å². The van der Waals surface area contributed by atoms with Crippen molar-refractivity contribution in [1.82, 2.24) is 23.9 Å². The SMILES string of the molecule is CCC(=O)N(Cl)[C@H]1C[C@@H](n2cnc3c(NCC(c4ccc(O)cc4)c4ccc(O)cc4)nc(Cl)nc32)[C@H](O)[C@@H]1O. The minimum Gasteiger partial charge on any atom is -0.508 e. The van der Waals surface area contributed by atoms with Crippen LogP contribution in [0.5, 0.6) is 11.5 Å². The van der Waals surface area contributed by atoms with Crippen molar-refractivity contribution in [2.45, 2.75) is 50.0 Å². The van der Waals surface area contributed by atoms with Gasteiger partial charge in [0.05, 0.1) is 18.4 Å². The maximum Gasteiger partial charge on any atom is 0.236 e. The van der Waals surface area contributed by atoms with Crippen LogP contribution >= 0.6 is 23.4 Å². The first kappa shape index (κ1) is 27.9. The quantitative estimate of drug-likeness (QED) is 0.154. The molecule has 11 nitrogen and oxygen atoms in total. The Hall–Kier alpha value is -3.64. The molecular formula is C27H28Cl2N6O5. The third-order valence-electron chi connectivity index (χ3n) is 7.27. The molecule has 0 aliphatic heterocycles. The van der Waals surface area contributed by atoms with E-state index in [1.807, 2.05) is 24.3 Å². The Morgan fingerprint density at radius 1 is 1.05 bits per heavy atom. The molecule has 1 amide bonds. The molecule has 1 fully saturated rings. The number of carbonyl (C=O) groups is 1. The number of fused-ring (bicyclic) bond motifs is 1. The van der Waals surface area contributed by atoms with Gasteiger partial charge in [-0.05, 0) is 53.4 Å². The zero-order chi connectivity index (χ0) is 28.6. The van der Waals surface area contributed by atoms with Crippen LogP contribution < -0.4 is 5.32 Å². The van der Waals surface area contributed by atoms with E-state index in [-0.39, 0.29) is 41.4 Å². The maximum atomic E-state index is 12.1. The van der Waals surface area contributed by atoms with Crippen molar-refractivity contribution < 1.29 is 25.2 Å². The highest BCUT2D eigenvalue weighted by Gasteiger charge is 2.46. The number of aliphatic hydroxyl groups excluding tert-OH is 2. The molecule has 4 atom stereocenters. The average molecular weight is 587 g/mol. The molecule has 2 heterocycles. The molecule has 13 heteroatoms. The number of amides is 1. The van der Waals surface area contributed by atoms with Gasteiger partial charge in [-0.3, -0.25) is 4.79 Å². The first-order chi connectivity index (χ1) is 19.2. The number of aromatic hydroxyl groups is 2. The van der Waals surface area contributed by atoms with Crippen molar-refractivity contribution in [1.29, 1.82) is 0 Å². The molecular weight excluding hydrogens is 559 g/mol. The summed E-state index contributed by atoms with van der Waals surface area (Å²) in [7, 11) is 0. The summed E-state index contributed by atoms with van der Waals surface area (Å²) in [6.07, 6.45) is -0.665. The second kappa shape index (κ2) is 11.5. The van der Waals surface area contributed by atoms with Gasteiger partial charge in [0.2, 0.25) is 11.2 Å². The van der Waals surface area contributed by atoms with E-state index >= 15 is 0 Å². The van der Waals surface area contributed by atoms with Gasteiger partial charge in [0, 0.05) is 30.7 Å². The summed E-state index contributed by atoms with van der Waals surface area (Å²) in [6.45, 7) is 2.02. The van der Waals surface area contributed by atoms with Crippen LogP contribution in [0.2, 0.25) is 5.28 Å². The lowest BCUT2D eigenvalue weighted by molar-refractivity contribution is -0.129. The van der Waals surface area contributed by atoms with Crippen LogP contribution in [0.15, 0.2) is 54.9 Å². The first-order valence-corrected chi connectivity index (χ1v) is 13.4. The van der Waals surface area contributed by atoms with Crippen molar-refractivity contribution >= 4 is 46.3 Å². The van der Waals surface area contributed by atoms with Crippen molar-refractivity contribution in [3.8, 4) is 11.5 Å². The van der Waals surface area contributed by atoms with E-state index < -0.39 is 24.3 Å². The summed E-state index contributed by atoms with van der Waals surface area (Å²) in [4.78, 5) is 25.3. The predicted molar refractivity (Wildman–Crippen MR) is 149 cm³/mol. The summed E-state index contributed by atoms with van der Waals surface area (Å²) < 4.78 is 2.56. The number of carbonyl (C=O) groups excluding carboxylic acids is 1. The average Bonchev–Trinajstić information content (AvgIpc) is 3.49. The van der Waals surface area contributed by atoms with Crippen LogP contribution in [0.1, 0.15) is 42.9 Å². The number of halogens is 2. The number of nitrogens with zero attached hydrogens (tertiary/aromatic N) is 5. The molecule has 5 rings (SSSR count). The van der Waals surface area contributed by atoms with E-state index in [1.165, 1.54) is 6.33 Å². The Morgan fingerprint density at radius 2 is 1.65 bits per heavy atom. The molecule has 1 aliphatic rings. The molecule has 4 aromatic rings. The highest BCUT2D eigenvalue weighted by molar-refractivity contribution is 6.28. The zero-order valence-electron chi connectivity index (χ0n) is 21.4. The topological polar surface area (TPSA) is 157 Å². The number of aromatic nitrogens is 4. The Labute approximate surface area is 239 Å². The van der Waals surface area contributed by atoms with Gasteiger partial charge in [-0.1, -0.05) is 31.2 Å². The molecule has 1 aliphatic carbocycles. The van der Waals surface area contributed by atoms with Crippen molar-refractivity contribution in [2.75, 3.05) is 11.9 Å². The third-order valence-corrected chi connectivity index (χ3v) is 7.88. The van der Waals surface area contributed by atoms with E-state index in [1.54, 1.807) is 35.8 Å². The summed E-state index contributed by atoms with van der Waals surface area (Å²) in [5.41, 5.74) is 2.57. The molecule has 0 unspecified atom stereocenters. The van der Waals surface area contributed by atoms with Gasteiger partial charge in [-0.25, -0.2) is 9.40 Å². The number of hydrogen-bond acceptors (Lipinski definition) is 9. The van der Waals surface area contributed by atoms with Crippen LogP contribution in [-0.4, -0.2) is 75.1 Å². The summed E-state index contributed by atoms with van der Waals surface area (Å²) in [5.74, 6) is 0.108. The largest absolute Gasteiger partial charge is 0.508 e. The normalized spacial score (nSPS) is 20.8. The van der Waals surface area contributed by atoms with Gasteiger partial charge >= 0.3 is 0 Å². The standard InChI is InChI=1S/C27H28Cl2N6O5/c1-2-21(38)35(29)20-11-19(23(39)24(20)40)34-13-31-22-25(32-27(28)33-26(22)34)30-12-18(14-3-7-16(36)8-4-14)15-5-9-17(37)10-6-15/h3-10,13,18-20,23-24,36-37,39-40H,2,11-12H2,1H3,(H,30,32,33)/t19-,20+,23+,24-/m1/s1. The van der Waals surface area contributed by atoms with Gasteiger partial charge in [0.15, 0.2) is 17.0 Å². The number of anilines is 1. The zero-order valence-corrected chi connectivity index (χ0v) is 22.9. The monoisotopic (exact) mass is 586 g/mol. The molecule has 0 saturated heterocycles. The van der Waals surface area contributed by atoms with Gasteiger partial charge in [-0.15, -0.1) is 0 Å². The van der Waals surface area contributed by atoms with E-state index in [2.05, 4.69) is 20.3 Å². The van der Waals surface area contributed by atoms with Crippen LogP contribution in [0.25, 0.3) is 11.2 Å². The minimum absolute atomic E-state index is 0.0488. The van der Waals surface area contributed by atoms with Gasteiger partial charge in [-0.2, -0.15) is 9.97 Å². The number of phenolic OH excluding ortho intramolecular Hbond substituents is 2. The number of rotatable bonds is 8. The van der Waals surface area contributed by atoms with Gasteiger partial charge in [0.1, 0.15) is 23.7 Å². The van der Waals surface area contributed by atoms with Crippen LogP contribution in [0.4, 0.5) is 5.82 Å². The number of nitrogens with one attached hydrogen (secondary N) is 1. The van der Waals surface area contributed by atoms with Gasteiger partial charge < -0.3 is 30.3 Å². The fourth-order valence-corrected chi connectivity index (χ4v) is 5.60. The Kier molecular flexibility index (Phi) is 7.99. The molecule has 1 saturated carbocycles. The van der Waals surface area contributed by atoms with Crippen molar-refractivity contribution in [3.63, 3.8) is 0 Å². The molecule has 0 bridgehead atoms. The van der Waals surface area contributed by atoms with Gasteiger partial charge in [0.25, 0.3) is 0 Å². The summed E-state index contributed by atoms with van der Waals surface area (Å²) >= 11 is 12.5. The second-order valence-corrected chi connectivity index (χ2v) is 10.4. The van der Waals surface area contributed by atoms with Crippen LogP contribution in [0, 0.1) is 0 Å². The molecule has 5 N–H and O–H groups in total. The molecule has 2 aromatic heterocycles. The van der Waals surface area contributed by atoms with E-state index in [9.17, 15) is 25.2 Å². The van der Waals surface area contributed by atoms with E-state index in [0.717, 1.165) is 15.5 Å². The Morgan fingerprint density at radius 3 is 2.23 bits per heavy atom. The fourth-order valence-electron chi connectivity index (χ4n) is 5.12. The number of imidazole rings is 1. The molecule has 40 heavy (non-hydrogen) atoms. The summed E-state index contributed by atoms with van der Waals surface area (Å²) in [5, 5.41) is 44.3. The van der Waals surface area contributed by atoms with Crippen molar-refractivity contribution in [2.24, 2.45) is 0 Å². The molecule has 0 radical (unpaired) electrons. The number of phenols is 2. The van der Waals surface area contributed by atoms with Crippen LogP contribution in [-0.2, 0) is 4.79 Å². The minimum atomic E-state index is -1.26. The highest BCUT2D eigenvalue weighted by Crippen LogP contribution is 2.37. The highest BCUT2D eigenvalue weighted by atomic mass is 35.5. The number of aliphatic hydroxyl groups is 2. The predicted octanol–water partition coefficient (Wildman–Crippen LogP) is 3.56. The smallest absolute Gasteiger partial charge is 0.236 e. The number of hydrogen-bond donors (Lipinski definition) is 5. The second-order valence-electron chi connectivity index (χ2n) is 9.69. The first-order valence-electron chi connectivity index (χ1n) is 12.7. The maximum absolute atomic E-state index is 12.1. The molecule has 2 aromatic carbocycles. The van der Waals surface area contributed by atoms with Crippen molar-refractivity contribution in [3.05, 3.63) is 71.3 Å². The molecule has 210 valence electrons. The lowest BCUT2D eigenvalue weighted by Gasteiger charge is -2.23. The molecule has 0 spiro atoms. The lowest BCUT2D eigenvalue weighted by Crippen LogP contribution is -2.41.